The molecule has 1 aromatic heterocycles. The lowest BCUT2D eigenvalue weighted by Gasteiger charge is -2.22. The predicted octanol–water partition coefficient (Wildman–Crippen LogP) is 2.16. The van der Waals surface area contributed by atoms with Crippen molar-refractivity contribution in [3.63, 3.8) is 0 Å². The van der Waals surface area contributed by atoms with Crippen molar-refractivity contribution in [2.24, 2.45) is 18.7 Å². The van der Waals surface area contributed by atoms with Crippen molar-refractivity contribution in [3.05, 3.63) is 42.0 Å². The minimum absolute atomic E-state index is 0.0212. The van der Waals surface area contributed by atoms with Crippen LogP contribution in [0.4, 0.5) is 0 Å². The molecular formula is C20H28N4O3. The minimum atomic E-state index is -0.404. The van der Waals surface area contributed by atoms with Gasteiger partial charge in [0.2, 0.25) is 5.91 Å². The van der Waals surface area contributed by atoms with Gasteiger partial charge in [-0.25, -0.2) is 4.98 Å². The summed E-state index contributed by atoms with van der Waals surface area (Å²) in [5.74, 6) is 2.29. The summed E-state index contributed by atoms with van der Waals surface area (Å²) in [6.45, 7) is 0. The number of ether oxygens (including phenoxy) is 2. The number of rotatable bonds is 7. The normalized spacial score (nSPS) is 20.3. The van der Waals surface area contributed by atoms with Gasteiger partial charge in [0.25, 0.3) is 0 Å². The molecule has 27 heavy (non-hydrogen) atoms. The van der Waals surface area contributed by atoms with Crippen molar-refractivity contribution >= 4 is 5.91 Å². The molecule has 7 heteroatoms. The van der Waals surface area contributed by atoms with Crippen LogP contribution in [0.15, 0.2) is 30.6 Å². The zero-order valence-electron chi connectivity index (χ0n) is 16.1. The molecule has 0 aliphatic heterocycles. The Morgan fingerprint density at radius 1 is 1.30 bits per heavy atom. The quantitative estimate of drug-likeness (QED) is 0.777. The Morgan fingerprint density at radius 3 is 2.52 bits per heavy atom. The van der Waals surface area contributed by atoms with Crippen LogP contribution in [-0.2, 0) is 11.8 Å². The lowest BCUT2D eigenvalue weighted by atomic mass is 9.98. The van der Waals surface area contributed by atoms with Crippen molar-refractivity contribution in [1.29, 1.82) is 0 Å². The Bertz CT molecular complexity index is 767. The number of aryl methyl sites for hydroxylation is 1. The van der Waals surface area contributed by atoms with Crippen LogP contribution in [0.5, 0.6) is 11.5 Å². The molecule has 1 fully saturated rings. The summed E-state index contributed by atoms with van der Waals surface area (Å²) in [6, 6.07) is 5.30. The highest BCUT2D eigenvalue weighted by Crippen LogP contribution is 2.31. The molecule has 0 radical (unpaired) electrons. The van der Waals surface area contributed by atoms with E-state index in [1.807, 2.05) is 29.9 Å². The van der Waals surface area contributed by atoms with E-state index in [1.54, 1.807) is 26.5 Å². The maximum Gasteiger partial charge on any atom is 0.221 e. The van der Waals surface area contributed by atoms with Crippen LogP contribution in [0.25, 0.3) is 0 Å². The Hall–Kier alpha value is -2.54. The molecule has 0 saturated heterocycles. The lowest BCUT2D eigenvalue weighted by molar-refractivity contribution is -0.122. The minimum Gasteiger partial charge on any atom is -0.497 e. The van der Waals surface area contributed by atoms with Crippen LogP contribution in [0.2, 0.25) is 0 Å². The van der Waals surface area contributed by atoms with Crippen molar-refractivity contribution in [3.8, 4) is 11.5 Å². The van der Waals surface area contributed by atoms with Gasteiger partial charge >= 0.3 is 0 Å². The number of imidazole rings is 1. The zero-order chi connectivity index (χ0) is 19.4. The van der Waals surface area contributed by atoms with Gasteiger partial charge in [-0.3, -0.25) is 4.79 Å². The molecule has 3 atom stereocenters. The highest BCUT2D eigenvalue weighted by Gasteiger charge is 2.28. The summed E-state index contributed by atoms with van der Waals surface area (Å²) in [6.07, 6.45) is 7.11. The van der Waals surface area contributed by atoms with Gasteiger partial charge in [-0.15, -0.1) is 0 Å². The first kappa shape index (κ1) is 19.2. The van der Waals surface area contributed by atoms with Gasteiger partial charge in [0.1, 0.15) is 23.4 Å². The van der Waals surface area contributed by atoms with Gasteiger partial charge in [0, 0.05) is 38.0 Å². The maximum absolute atomic E-state index is 12.8. The average Bonchev–Trinajstić information content (AvgIpc) is 3.27. The van der Waals surface area contributed by atoms with Crippen LogP contribution in [0, 0.1) is 5.92 Å². The second kappa shape index (κ2) is 8.43. The number of hydrogen-bond acceptors (Lipinski definition) is 5. The van der Waals surface area contributed by atoms with E-state index in [1.165, 1.54) is 0 Å². The monoisotopic (exact) mass is 372 g/mol. The molecule has 146 valence electrons. The van der Waals surface area contributed by atoms with E-state index in [2.05, 4.69) is 10.3 Å². The number of amides is 1. The summed E-state index contributed by atoms with van der Waals surface area (Å²) < 4.78 is 12.7. The number of carbonyl (C=O) groups excluding carboxylic acids is 1. The maximum atomic E-state index is 12.8. The predicted molar refractivity (Wildman–Crippen MR) is 103 cm³/mol. The Morgan fingerprint density at radius 2 is 2.00 bits per heavy atom. The SMILES string of the molecule is COc1cc(OC)cc(C(NC(=O)C[C@@H]2CCC[C@H]2N)c2nccn2C)c1. The van der Waals surface area contributed by atoms with Gasteiger partial charge in [-0.05, 0) is 36.5 Å². The average molecular weight is 372 g/mol. The van der Waals surface area contributed by atoms with Crippen molar-refractivity contribution < 1.29 is 14.3 Å². The molecule has 1 saturated carbocycles. The molecular weight excluding hydrogens is 344 g/mol. The molecule has 3 N–H and O–H groups in total. The van der Waals surface area contributed by atoms with Crippen molar-refractivity contribution in [1.82, 2.24) is 14.9 Å². The summed E-state index contributed by atoms with van der Waals surface area (Å²) in [5, 5.41) is 3.14. The number of aromatic nitrogens is 2. The molecule has 1 aromatic carbocycles. The second-order valence-electron chi connectivity index (χ2n) is 7.10. The Kier molecular flexibility index (Phi) is 6.01. The van der Waals surface area contributed by atoms with Crippen LogP contribution in [0.1, 0.15) is 43.1 Å². The first-order chi connectivity index (χ1) is 13.0. The fraction of sp³-hybridized carbons (Fsp3) is 0.500. The third-order valence-corrected chi connectivity index (χ3v) is 5.29. The fourth-order valence-electron chi connectivity index (χ4n) is 3.73. The van der Waals surface area contributed by atoms with E-state index in [9.17, 15) is 4.79 Å². The highest BCUT2D eigenvalue weighted by molar-refractivity contribution is 5.77. The zero-order valence-corrected chi connectivity index (χ0v) is 16.1. The Balaban J connectivity index is 1.88. The molecule has 1 aliphatic rings. The van der Waals surface area contributed by atoms with Crippen LogP contribution >= 0.6 is 0 Å². The van der Waals surface area contributed by atoms with Crippen LogP contribution < -0.4 is 20.5 Å². The van der Waals surface area contributed by atoms with E-state index in [0.29, 0.717) is 17.9 Å². The number of nitrogens with one attached hydrogen (secondary N) is 1. The smallest absolute Gasteiger partial charge is 0.221 e. The standard InChI is InChI=1S/C20H28N4O3/c1-24-8-7-22-20(24)19(14-9-15(26-2)12-16(10-14)27-3)23-18(25)11-13-5-4-6-17(13)21/h7-10,12-13,17,19H,4-6,11,21H2,1-3H3,(H,23,25)/t13-,17+,19?/m0/s1. The number of benzene rings is 1. The topological polar surface area (TPSA) is 91.4 Å². The summed E-state index contributed by atoms with van der Waals surface area (Å²) >= 11 is 0. The molecule has 1 heterocycles. The number of carbonyl (C=O) groups is 1. The van der Waals surface area contributed by atoms with Crippen LogP contribution in [-0.4, -0.2) is 35.7 Å². The largest absolute Gasteiger partial charge is 0.497 e. The molecule has 0 bridgehead atoms. The highest BCUT2D eigenvalue weighted by atomic mass is 16.5. The van der Waals surface area contributed by atoms with Crippen molar-refractivity contribution in [2.45, 2.75) is 37.8 Å². The van der Waals surface area contributed by atoms with Gasteiger partial charge in [0.05, 0.1) is 14.2 Å². The van der Waals surface area contributed by atoms with Gasteiger partial charge < -0.3 is 25.1 Å². The fourth-order valence-corrected chi connectivity index (χ4v) is 3.73. The third-order valence-electron chi connectivity index (χ3n) is 5.29. The molecule has 3 rings (SSSR count). The first-order valence-electron chi connectivity index (χ1n) is 9.27. The number of hydrogen-bond donors (Lipinski definition) is 2. The van der Waals surface area contributed by atoms with Gasteiger partial charge in [-0.2, -0.15) is 0 Å². The third kappa shape index (κ3) is 4.42. The summed E-state index contributed by atoms with van der Waals surface area (Å²) in [7, 11) is 5.12. The van der Waals surface area contributed by atoms with Crippen molar-refractivity contribution in [2.75, 3.05) is 14.2 Å². The molecule has 2 aromatic rings. The summed E-state index contributed by atoms with van der Waals surface area (Å²) in [5.41, 5.74) is 6.99. The van der Waals surface area contributed by atoms with Gasteiger partial charge in [0.15, 0.2) is 0 Å². The van der Waals surface area contributed by atoms with Crippen LogP contribution in [0.3, 0.4) is 0 Å². The van der Waals surface area contributed by atoms with Gasteiger partial charge in [-0.1, -0.05) is 6.42 Å². The molecule has 1 aliphatic carbocycles. The number of methoxy groups -OCH3 is 2. The van der Waals surface area contributed by atoms with E-state index >= 15 is 0 Å². The number of nitrogens with two attached hydrogens (primary N) is 1. The lowest BCUT2D eigenvalue weighted by Crippen LogP contribution is -2.35. The molecule has 7 nitrogen and oxygen atoms in total. The summed E-state index contributed by atoms with van der Waals surface area (Å²) in [4.78, 5) is 17.2. The van der Waals surface area contributed by atoms with E-state index < -0.39 is 6.04 Å². The van der Waals surface area contributed by atoms with E-state index in [-0.39, 0.29) is 17.9 Å². The second-order valence-corrected chi connectivity index (χ2v) is 7.10. The first-order valence-corrected chi connectivity index (χ1v) is 9.27. The molecule has 1 amide bonds. The number of nitrogens with zero attached hydrogens (tertiary/aromatic N) is 2. The Labute approximate surface area is 159 Å². The molecule has 1 unspecified atom stereocenters. The molecule has 0 spiro atoms. The van der Waals surface area contributed by atoms with E-state index in [4.69, 9.17) is 15.2 Å². The van der Waals surface area contributed by atoms with E-state index in [0.717, 1.165) is 30.7 Å².